The van der Waals surface area contributed by atoms with Gasteiger partial charge in [-0.3, -0.25) is 0 Å². The van der Waals surface area contributed by atoms with Gasteiger partial charge >= 0.3 is 0 Å². The van der Waals surface area contributed by atoms with Crippen LogP contribution in [0.3, 0.4) is 0 Å². The van der Waals surface area contributed by atoms with E-state index in [1.54, 1.807) is 0 Å². The maximum Gasteiger partial charge on any atom is 0.0724 e. The van der Waals surface area contributed by atoms with Crippen molar-refractivity contribution in [2.45, 2.75) is 114 Å². The molecule has 11 atom stereocenters. The van der Waals surface area contributed by atoms with Crippen molar-refractivity contribution in [2.24, 2.45) is 45.3 Å². The lowest BCUT2D eigenvalue weighted by atomic mass is 9.28. The number of hydrogen-bond acceptors (Lipinski definition) is 4. The molecule has 0 unspecified atom stereocenters. The average Bonchev–Trinajstić information content (AvgIpc) is 3.18. The summed E-state index contributed by atoms with van der Waals surface area (Å²) in [6, 6.07) is 1.20. The van der Waals surface area contributed by atoms with Crippen molar-refractivity contribution in [3.63, 3.8) is 0 Å². The molecule has 0 heterocycles. The second-order valence-electron chi connectivity index (χ2n) is 15.2. The van der Waals surface area contributed by atoms with Crippen LogP contribution in [-0.2, 0) is 0 Å². The third kappa shape index (κ3) is 2.57. The Morgan fingerprint density at radius 2 is 1.72 bits per heavy atom. The first-order valence-electron chi connectivity index (χ1n) is 15.6. The Hall–Kier alpha value is -0.680. The van der Waals surface area contributed by atoms with Crippen LogP contribution in [0.4, 0.5) is 0 Å². The van der Waals surface area contributed by atoms with E-state index in [4.69, 9.17) is 0 Å². The SMILES string of the molecule is C[C@]12C[C@@H]3C=C[C@H]1[C@H](O)[C@]14C=C[C@@H]5C[C@]1(C[C@]41CCC[C@@H]1[C@@H]5NCCNC1CCCCC1)[C@@](O)(C3)C2. The van der Waals surface area contributed by atoms with Gasteiger partial charge in [-0.1, -0.05) is 56.9 Å². The molecule has 9 aliphatic rings. The Bertz CT molecular complexity index is 989. The van der Waals surface area contributed by atoms with Gasteiger partial charge in [0.2, 0.25) is 0 Å². The Morgan fingerprint density at radius 1 is 0.889 bits per heavy atom. The molecule has 4 heteroatoms. The number of aliphatic hydroxyl groups excluding tert-OH is 1. The largest absolute Gasteiger partial charge is 0.392 e. The molecule has 9 aliphatic carbocycles. The highest BCUT2D eigenvalue weighted by Crippen LogP contribution is 2.88. The molecular weight excluding hydrogens is 444 g/mol. The third-order valence-corrected chi connectivity index (χ3v) is 13.8. The fraction of sp³-hybridized carbons (Fsp3) is 0.875. The summed E-state index contributed by atoms with van der Waals surface area (Å²) < 4.78 is 0. The molecule has 0 amide bonds. The molecule has 0 aromatic rings. The second-order valence-corrected chi connectivity index (χ2v) is 15.2. The number of nitrogens with one attached hydrogen (secondary N) is 2. The van der Waals surface area contributed by atoms with Crippen LogP contribution >= 0.6 is 0 Å². The maximum atomic E-state index is 12.8. The van der Waals surface area contributed by atoms with Gasteiger partial charge in [0, 0.05) is 41.9 Å². The van der Waals surface area contributed by atoms with Crippen molar-refractivity contribution in [1.29, 1.82) is 0 Å². The van der Waals surface area contributed by atoms with Gasteiger partial charge in [-0.2, -0.15) is 0 Å². The Labute approximate surface area is 217 Å². The van der Waals surface area contributed by atoms with E-state index in [0.717, 1.165) is 45.2 Å². The van der Waals surface area contributed by atoms with Gasteiger partial charge in [0.05, 0.1) is 11.7 Å². The van der Waals surface area contributed by atoms with Crippen LogP contribution in [0.2, 0.25) is 0 Å². The highest BCUT2D eigenvalue weighted by Gasteiger charge is 2.87. The van der Waals surface area contributed by atoms with Crippen LogP contribution in [0, 0.1) is 45.3 Å². The van der Waals surface area contributed by atoms with Gasteiger partial charge in [-0.25, -0.2) is 0 Å². The molecule has 7 bridgehead atoms. The number of fused-ring (bicyclic) bond motifs is 2. The highest BCUT2D eigenvalue weighted by molar-refractivity contribution is 5.44. The number of allylic oxidation sites excluding steroid dienone is 1. The summed E-state index contributed by atoms with van der Waals surface area (Å²) in [7, 11) is 0. The van der Waals surface area contributed by atoms with Gasteiger partial charge < -0.3 is 20.8 Å². The van der Waals surface area contributed by atoms with E-state index in [9.17, 15) is 10.2 Å². The smallest absolute Gasteiger partial charge is 0.0724 e. The van der Waals surface area contributed by atoms with Crippen molar-refractivity contribution < 1.29 is 10.2 Å². The van der Waals surface area contributed by atoms with E-state index in [1.807, 2.05) is 0 Å². The van der Waals surface area contributed by atoms with Gasteiger partial charge in [0.15, 0.2) is 0 Å². The van der Waals surface area contributed by atoms with Crippen LogP contribution < -0.4 is 10.6 Å². The molecule has 3 spiro atoms. The Morgan fingerprint density at radius 3 is 2.58 bits per heavy atom. The normalized spacial score (nSPS) is 58.2. The van der Waals surface area contributed by atoms with E-state index in [1.165, 1.54) is 51.4 Å². The molecular formula is C32H48N2O2. The van der Waals surface area contributed by atoms with Crippen molar-refractivity contribution in [1.82, 2.24) is 10.6 Å². The molecule has 0 saturated heterocycles. The molecule has 0 aromatic heterocycles. The second kappa shape index (κ2) is 7.49. The van der Waals surface area contributed by atoms with E-state index < -0.39 is 5.60 Å². The first-order chi connectivity index (χ1) is 17.4. The molecule has 0 radical (unpaired) electrons. The van der Waals surface area contributed by atoms with Crippen LogP contribution in [0.15, 0.2) is 24.3 Å². The molecule has 198 valence electrons. The standard InChI is InChI=1S/C32H48N2O2/c1-28-16-21-9-10-25(28)27(35)32-13-11-22-18-30(32,31(36,17-21)19-28)20-29(32)12-5-8-24(29)26(22)34-15-14-33-23-6-3-2-4-7-23/h9-11,13,21-27,33-36H,2-8,12,14-20H2,1H3/t21-,22+,24+,25-,26+,27-,28+,29-,30-,31+,32-/m0/s1. The molecule has 9 rings (SSSR count). The average molecular weight is 493 g/mol. The first kappa shape index (κ1) is 23.2. The zero-order valence-electron chi connectivity index (χ0n) is 22.4. The van der Waals surface area contributed by atoms with E-state index in [0.29, 0.717) is 29.8 Å². The number of hydrogen-bond donors (Lipinski definition) is 4. The summed E-state index contributed by atoms with van der Waals surface area (Å²) in [5.41, 5.74) is -0.885. The van der Waals surface area contributed by atoms with E-state index in [-0.39, 0.29) is 33.7 Å². The van der Waals surface area contributed by atoms with Crippen molar-refractivity contribution >= 4 is 0 Å². The summed E-state index contributed by atoms with van der Waals surface area (Å²) in [6.07, 6.45) is 25.3. The molecule has 6 saturated carbocycles. The zero-order valence-corrected chi connectivity index (χ0v) is 22.4. The number of rotatable bonds is 5. The van der Waals surface area contributed by atoms with Gasteiger partial charge in [0.1, 0.15) is 0 Å². The minimum atomic E-state index is -0.649. The molecule has 0 aromatic carbocycles. The van der Waals surface area contributed by atoms with Crippen molar-refractivity contribution in [3.8, 4) is 0 Å². The minimum absolute atomic E-state index is 0.0216. The van der Waals surface area contributed by atoms with Crippen LogP contribution in [0.1, 0.15) is 90.4 Å². The molecule has 4 nitrogen and oxygen atoms in total. The lowest BCUT2D eigenvalue weighted by molar-refractivity contribution is -0.317. The quantitative estimate of drug-likeness (QED) is 0.331. The fourth-order valence-electron chi connectivity index (χ4n) is 12.9. The maximum absolute atomic E-state index is 12.8. The van der Waals surface area contributed by atoms with Crippen LogP contribution in [0.25, 0.3) is 0 Å². The van der Waals surface area contributed by atoms with E-state index >= 15 is 0 Å². The molecule has 6 fully saturated rings. The summed E-state index contributed by atoms with van der Waals surface area (Å²) in [6.45, 7) is 4.49. The van der Waals surface area contributed by atoms with E-state index in [2.05, 4.69) is 41.9 Å². The minimum Gasteiger partial charge on any atom is -0.392 e. The van der Waals surface area contributed by atoms with Crippen molar-refractivity contribution in [2.75, 3.05) is 13.1 Å². The van der Waals surface area contributed by atoms with Crippen molar-refractivity contribution in [3.05, 3.63) is 24.3 Å². The predicted molar refractivity (Wildman–Crippen MR) is 142 cm³/mol. The lowest BCUT2D eigenvalue weighted by Crippen LogP contribution is -2.77. The predicted octanol–water partition coefficient (Wildman–Crippen LogP) is 4.72. The molecule has 36 heavy (non-hydrogen) atoms. The van der Waals surface area contributed by atoms with Gasteiger partial charge in [-0.15, -0.1) is 0 Å². The zero-order chi connectivity index (χ0) is 24.4. The number of aliphatic hydroxyl groups is 2. The van der Waals surface area contributed by atoms with Gasteiger partial charge in [0.25, 0.3) is 0 Å². The summed E-state index contributed by atoms with van der Waals surface area (Å²) in [5.74, 6) is 1.75. The van der Waals surface area contributed by atoms with Gasteiger partial charge in [-0.05, 0) is 86.4 Å². The topological polar surface area (TPSA) is 64.5 Å². The summed E-state index contributed by atoms with van der Waals surface area (Å²) >= 11 is 0. The Balaban J connectivity index is 1.14. The third-order valence-electron chi connectivity index (χ3n) is 13.8. The summed E-state index contributed by atoms with van der Waals surface area (Å²) in [5, 5.41) is 33.3. The van der Waals surface area contributed by atoms with Crippen LogP contribution in [0.5, 0.6) is 0 Å². The first-order valence-corrected chi connectivity index (χ1v) is 15.6. The monoisotopic (exact) mass is 492 g/mol. The summed E-state index contributed by atoms with van der Waals surface area (Å²) in [4.78, 5) is 0. The molecule has 0 aliphatic heterocycles. The van der Waals surface area contributed by atoms with Crippen LogP contribution in [-0.4, -0.2) is 47.1 Å². The fourth-order valence-corrected chi connectivity index (χ4v) is 12.9. The highest BCUT2D eigenvalue weighted by atomic mass is 16.3. The Kier molecular flexibility index (Phi) is 4.83. The molecule has 4 N–H and O–H groups in total. The lowest BCUT2D eigenvalue weighted by Gasteiger charge is -2.76.